The van der Waals surface area contributed by atoms with Crippen molar-refractivity contribution in [3.63, 3.8) is 0 Å². The number of imide groups is 1. The van der Waals surface area contributed by atoms with Gasteiger partial charge in [0.25, 0.3) is 17.7 Å². The Morgan fingerprint density at radius 3 is 1.68 bits per heavy atom. The van der Waals surface area contributed by atoms with Crippen LogP contribution >= 0.6 is 11.3 Å². The molecule has 0 fully saturated rings. The molecule has 0 bridgehead atoms. The molecule has 0 saturated heterocycles. The lowest BCUT2D eigenvalue weighted by Gasteiger charge is -2.17. The first-order valence-corrected chi connectivity index (χ1v) is 27.3. The zero-order valence-electron chi connectivity index (χ0n) is 45.5. The van der Waals surface area contributed by atoms with Gasteiger partial charge in [0, 0.05) is 62.2 Å². The molecule has 0 aliphatic carbocycles. The molecule has 82 heavy (non-hydrogen) atoms. The van der Waals surface area contributed by atoms with Crippen molar-refractivity contribution >= 4 is 75.5 Å². The van der Waals surface area contributed by atoms with Gasteiger partial charge in [0.15, 0.2) is 5.13 Å². The highest BCUT2D eigenvalue weighted by Crippen LogP contribution is 2.17. The molecule has 0 saturated carbocycles. The van der Waals surface area contributed by atoms with Gasteiger partial charge in [0.2, 0.25) is 23.6 Å². The Bertz CT molecular complexity index is 2430. The van der Waals surface area contributed by atoms with Crippen LogP contribution in [0.3, 0.4) is 0 Å². The summed E-state index contributed by atoms with van der Waals surface area (Å²) in [4.78, 5) is 114. The number of benzene rings is 2. The molecular formula is C53H73N9O19S. The van der Waals surface area contributed by atoms with Crippen LogP contribution < -0.4 is 42.0 Å². The van der Waals surface area contributed by atoms with E-state index in [2.05, 4.69) is 42.2 Å². The second-order valence-electron chi connectivity index (χ2n) is 17.2. The van der Waals surface area contributed by atoms with E-state index in [-0.39, 0.29) is 61.8 Å². The van der Waals surface area contributed by atoms with Crippen LogP contribution in [0.15, 0.2) is 72.1 Å². The lowest BCUT2D eigenvalue weighted by atomic mass is 10.1. The number of carbonyl (C=O) groups is 9. The number of ether oxygens (including phenoxy) is 9. The third kappa shape index (κ3) is 30.9. The maximum Gasteiger partial charge on any atom is 0.321 e. The molecule has 0 radical (unpaired) electrons. The standard InChI is InChI=1S/C53H73N9O19S/c63-44(13-17-62-47(66)11-12-48(62)67)55-16-20-74-22-24-76-26-28-78-30-32-80-34-33-79-31-29-77-27-25-75-23-21-73-19-14-45(64)54-15-4-18-81-41-9-7-40(8-10-41)58-51(71)42(35-49(68)69)59-46(65)37-56-50(70)43-38-82-53(60-43)61-52(72)57-36-39-5-2-1-3-6-39/h1-3,5-12,38,42H,4,13-37H2,(H,54,64)(H,55,63)(H,56,70)(H,58,71)(H,59,65)(H,68,69)(H2,57,60,61,72)/t42-/m0/s1. The number of carboxylic acids is 1. The Balaban J connectivity index is 0.872. The summed E-state index contributed by atoms with van der Waals surface area (Å²) < 4.78 is 49.4. The summed E-state index contributed by atoms with van der Waals surface area (Å²) in [7, 11) is 0. The van der Waals surface area contributed by atoms with Gasteiger partial charge in [-0.05, 0) is 36.2 Å². The molecule has 1 aliphatic rings. The van der Waals surface area contributed by atoms with Crippen LogP contribution in [-0.4, -0.2) is 213 Å². The molecule has 1 aromatic heterocycles. The average molecular weight is 1170 g/mol. The molecule has 1 atom stereocenters. The number of carbonyl (C=O) groups excluding carboxylic acids is 8. The van der Waals surface area contributed by atoms with Crippen LogP contribution in [0.5, 0.6) is 5.75 Å². The summed E-state index contributed by atoms with van der Waals surface area (Å²) in [6, 6.07) is 13.5. The number of hydrogen-bond acceptors (Lipinski definition) is 20. The van der Waals surface area contributed by atoms with Crippen molar-refractivity contribution in [1.29, 1.82) is 0 Å². The molecule has 0 unspecified atom stereocenters. The van der Waals surface area contributed by atoms with Gasteiger partial charge >= 0.3 is 12.0 Å². The first-order valence-electron chi connectivity index (χ1n) is 26.4. The van der Waals surface area contributed by atoms with Gasteiger partial charge in [-0.15, -0.1) is 11.3 Å². The van der Waals surface area contributed by atoms with E-state index >= 15 is 0 Å². The molecule has 2 aromatic carbocycles. The fourth-order valence-electron chi connectivity index (χ4n) is 6.70. The molecular weight excluding hydrogens is 1100 g/mol. The first-order chi connectivity index (χ1) is 39.9. The van der Waals surface area contributed by atoms with Crippen LogP contribution in [0, 0.1) is 0 Å². The van der Waals surface area contributed by atoms with Crippen LogP contribution in [0.4, 0.5) is 15.6 Å². The van der Waals surface area contributed by atoms with Gasteiger partial charge in [-0.2, -0.15) is 0 Å². The smallest absolute Gasteiger partial charge is 0.321 e. The van der Waals surface area contributed by atoms with Crippen molar-refractivity contribution in [2.45, 2.75) is 38.3 Å². The van der Waals surface area contributed by atoms with Crippen LogP contribution in [0.1, 0.15) is 41.7 Å². The van der Waals surface area contributed by atoms with Crippen molar-refractivity contribution in [3.05, 3.63) is 83.4 Å². The summed E-state index contributed by atoms with van der Waals surface area (Å²) in [6.07, 6.45) is 2.34. The number of rotatable bonds is 46. The number of nitrogens with zero attached hydrogens (tertiary/aromatic N) is 2. The molecule has 0 spiro atoms. The largest absolute Gasteiger partial charge is 0.494 e. The third-order valence-corrected chi connectivity index (χ3v) is 11.6. The van der Waals surface area contributed by atoms with E-state index in [1.165, 1.54) is 29.7 Å². The van der Waals surface area contributed by atoms with Gasteiger partial charge in [-0.3, -0.25) is 48.6 Å². The molecule has 4 rings (SSSR count). The fourth-order valence-corrected chi connectivity index (χ4v) is 7.39. The van der Waals surface area contributed by atoms with E-state index in [4.69, 9.17) is 42.6 Å². The van der Waals surface area contributed by atoms with Crippen molar-refractivity contribution in [1.82, 2.24) is 36.5 Å². The highest BCUT2D eigenvalue weighted by Gasteiger charge is 2.25. The molecule has 8 N–H and O–H groups in total. The van der Waals surface area contributed by atoms with E-state index in [1.54, 1.807) is 12.1 Å². The van der Waals surface area contributed by atoms with Gasteiger partial charge < -0.3 is 79.6 Å². The van der Waals surface area contributed by atoms with E-state index in [9.17, 15) is 48.3 Å². The predicted molar refractivity (Wildman–Crippen MR) is 294 cm³/mol. The number of anilines is 2. The summed E-state index contributed by atoms with van der Waals surface area (Å²) in [5, 5.41) is 28.8. The highest BCUT2D eigenvalue weighted by atomic mass is 32.1. The second-order valence-corrected chi connectivity index (χ2v) is 18.1. The molecule has 9 amide bonds. The van der Waals surface area contributed by atoms with E-state index in [1.807, 2.05) is 30.3 Å². The number of nitrogens with one attached hydrogen (secondary N) is 7. The number of amides is 9. The van der Waals surface area contributed by atoms with Gasteiger partial charge in [0.05, 0.1) is 125 Å². The topological polar surface area (TPSA) is 357 Å². The van der Waals surface area contributed by atoms with Crippen LogP contribution in [-0.2, 0) is 78.0 Å². The van der Waals surface area contributed by atoms with Crippen LogP contribution in [0.25, 0.3) is 0 Å². The van der Waals surface area contributed by atoms with Crippen molar-refractivity contribution in [3.8, 4) is 5.75 Å². The lowest BCUT2D eigenvalue weighted by molar-refractivity contribution is -0.140. The second kappa shape index (κ2) is 41.5. The minimum Gasteiger partial charge on any atom is -0.494 e. The number of carboxylic acid groups (broad SMARTS) is 1. The van der Waals surface area contributed by atoms with Crippen molar-refractivity contribution in [2.75, 3.05) is 149 Å². The monoisotopic (exact) mass is 1170 g/mol. The van der Waals surface area contributed by atoms with Crippen molar-refractivity contribution in [2.24, 2.45) is 0 Å². The minimum absolute atomic E-state index is 0.0298. The molecule has 28 nitrogen and oxygen atoms in total. The van der Waals surface area contributed by atoms with E-state index < -0.39 is 60.5 Å². The maximum atomic E-state index is 13.0. The Morgan fingerprint density at radius 2 is 1.11 bits per heavy atom. The Labute approximate surface area is 477 Å². The van der Waals surface area contributed by atoms with Crippen molar-refractivity contribution < 1.29 is 90.9 Å². The van der Waals surface area contributed by atoms with Gasteiger partial charge in [-0.1, -0.05) is 30.3 Å². The SMILES string of the molecule is O=C(O)C[C@H](NC(=O)CNC(=O)c1csc(NC(=O)NCc2ccccc2)n1)C(=O)Nc1ccc(OCCCNC(=O)CCOCCOCCOCCOCCOCCOCCOCCOCCNC(=O)CCN2C(=O)C=CC2=O)cc1. The number of thiazole rings is 1. The zero-order chi connectivity index (χ0) is 58.8. The zero-order valence-corrected chi connectivity index (χ0v) is 46.3. The Morgan fingerprint density at radius 1 is 0.573 bits per heavy atom. The number of aliphatic carboxylic acids is 1. The molecule has 3 aromatic rings. The Hall–Kier alpha value is -7.48. The number of urea groups is 1. The quantitative estimate of drug-likeness (QED) is 0.0284. The summed E-state index contributed by atoms with van der Waals surface area (Å²) in [5.74, 6) is -4.51. The maximum absolute atomic E-state index is 13.0. The normalized spacial score (nSPS) is 12.2. The van der Waals surface area contributed by atoms with Gasteiger partial charge in [0.1, 0.15) is 17.5 Å². The Kier molecular flexibility index (Phi) is 33.9. The third-order valence-electron chi connectivity index (χ3n) is 10.8. The van der Waals surface area contributed by atoms with E-state index in [0.29, 0.717) is 130 Å². The first kappa shape index (κ1) is 67.0. The summed E-state index contributed by atoms with van der Waals surface area (Å²) in [5.41, 5.74) is 1.13. The highest BCUT2D eigenvalue weighted by molar-refractivity contribution is 7.14. The van der Waals surface area contributed by atoms with Crippen LogP contribution in [0.2, 0.25) is 0 Å². The molecule has 29 heteroatoms. The average Bonchev–Trinajstić information content (AvgIpc) is 4.15. The van der Waals surface area contributed by atoms with E-state index in [0.717, 1.165) is 21.8 Å². The summed E-state index contributed by atoms with van der Waals surface area (Å²) >= 11 is 0.995. The fraction of sp³-hybridized carbons (Fsp3) is 0.509. The molecule has 1 aliphatic heterocycles. The summed E-state index contributed by atoms with van der Waals surface area (Å²) in [6.45, 7) is 6.67. The van der Waals surface area contributed by atoms with Gasteiger partial charge in [-0.25, -0.2) is 9.78 Å². The molecule has 2 heterocycles. The molecule has 450 valence electrons. The minimum atomic E-state index is -1.47. The lowest BCUT2D eigenvalue weighted by Crippen LogP contribution is -2.48. The predicted octanol–water partition coefficient (Wildman–Crippen LogP) is 0.632. The number of aromatic nitrogens is 1. The number of hydrogen-bond donors (Lipinski definition) is 8.